The molecule has 6 heterocycles. The van der Waals surface area contributed by atoms with E-state index in [4.69, 9.17) is 29.3 Å². The zero-order valence-corrected chi connectivity index (χ0v) is 34.5. The first-order chi connectivity index (χ1) is 30.2. The minimum atomic E-state index is -0.900. The summed E-state index contributed by atoms with van der Waals surface area (Å²) in [6.07, 6.45) is 3.68. The quantitative estimate of drug-likeness (QED) is 0.117. The zero-order chi connectivity index (χ0) is 42.7. The molecule has 0 saturated heterocycles. The Morgan fingerprint density at radius 3 is 1.66 bits per heavy atom. The third-order valence-electron chi connectivity index (χ3n) is 11.6. The standard InChI is InChI=1S/C24H26N4O4.C22H22N4O4/c1-2-31-21(29)10-14-27-13-9-16-15-17(7-8-18(16)23(27)30)32-20-6-3-5-19-22(20)26-24-25-11-4-12-28(19)24;27-19(28)8-12-25-11-7-14-13-15(5-6-16(14)21(25)29)30-18-4-1-3-17-20(18)24-22-23-9-2-10-26(17)22/h3,5-8,15H,2,4,9-14H2,1H3,(H,25,26);1,3-6,13H,2,7-12H2,(H,23,24)(H,27,28). The van der Waals surface area contributed by atoms with Gasteiger partial charge in [0.2, 0.25) is 11.9 Å². The molecule has 0 aliphatic carbocycles. The van der Waals surface area contributed by atoms with Crippen molar-refractivity contribution < 1.29 is 38.5 Å². The van der Waals surface area contributed by atoms with Crippen molar-refractivity contribution in [2.75, 3.05) is 56.5 Å². The Hall–Kier alpha value is -7.10. The van der Waals surface area contributed by atoms with Crippen LogP contribution in [0.4, 0.5) is 11.9 Å². The van der Waals surface area contributed by atoms with Gasteiger partial charge >= 0.3 is 11.9 Å². The van der Waals surface area contributed by atoms with E-state index in [2.05, 4.69) is 25.8 Å². The second kappa shape index (κ2) is 17.5. The van der Waals surface area contributed by atoms with Crippen LogP contribution in [0.2, 0.25) is 0 Å². The highest BCUT2D eigenvalue weighted by molar-refractivity contribution is 5.98. The third-order valence-corrected chi connectivity index (χ3v) is 11.6. The molecular formula is C46H48N8O8. The fourth-order valence-electron chi connectivity index (χ4n) is 8.53. The maximum atomic E-state index is 12.9. The lowest BCUT2D eigenvalue weighted by Gasteiger charge is -2.28. The maximum absolute atomic E-state index is 12.9. The highest BCUT2D eigenvalue weighted by atomic mass is 16.5. The number of fused-ring (bicyclic) bond motifs is 8. The molecule has 0 atom stereocenters. The molecule has 4 aliphatic heterocycles. The van der Waals surface area contributed by atoms with Crippen molar-refractivity contribution in [3.63, 3.8) is 0 Å². The second-order valence-corrected chi connectivity index (χ2v) is 15.6. The van der Waals surface area contributed by atoms with Crippen LogP contribution < -0.4 is 20.1 Å². The van der Waals surface area contributed by atoms with Crippen LogP contribution in [0.3, 0.4) is 0 Å². The Bertz CT molecular complexity index is 2710. The van der Waals surface area contributed by atoms with E-state index >= 15 is 0 Å². The molecule has 6 aromatic rings. The molecule has 0 unspecified atom stereocenters. The van der Waals surface area contributed by atoms with E-state index in [0.29, 0.717) is 73.2 Å². The molecule has 2 aromatic heterocycles. The molecule has 0 saturated carbocycles. The molecule has 0 radical (unpaired) electrons. The summed E-state index contributed by atoms with van der Waals surface area (Å²) in [5.74, 6) is 3.10. The van der Waals surface area contributed by atoms with E-state index in [-0.39, 0.29) is 37.2 Å². The Kier molecular flexibility index (Phi) is 11.4. The number of aryl methyl sites for hydroxylation is 2. The number of nitrogens with one attached hydrogen (secondary N) is 2. The lowest BCUT2D eigenvalue weighted by atomic mass is 9.98. The van der Waals surface area contributed by atoms with Crippen molar-refractivity contribution in [2.45, 2.75) is 58.5 Å². The number of carboxylic acid groups (broad SMARTS) is 1. The van der Waals surface area contributed by atoms with E-state index in [1.807, 2.05) is 54.6 Å². The second-order valence-electron chi connectivity index (χ2n) is 15.6. The molecule has 320 valence electrons. The summed E-state index contributed by atoms with van der Waals surface area (Å²) in [4.78, 5) is 60.7. The molecular weight excluding hydrogens is 793 g/mol. The van der Waals surface area contributed by atoms with Crippen LogP contribution >= 0.6 is 0 Å². The molecule has 3 N–H and O–H groups in total. The average Bonchev–Trinajstić information content (AvgIpc) is 3.86. The number of aliphatic carboxylic acids is 1. The summed E-state index contributed by atoms with van der Waals surface area (Å²) in [6.45, 7) is 7.53. The summed E-state index contributed by atoms with van der Waals surface area (Å²) in [5.41, 5.74) is 6.88. The number of nitrogens with zero attached hydrogens (tertiary/aromatic N) is 6. The fraction of sp³-hybridized carbons (Fsp3) is 0.348. The minimum Gasteiger partial charge on any atom is -0.481 e. The van der Waals surface area contributed by atoms with E-state index in [1.165, 1.54) is 0 Å². The van der Waals surface area contributed by atoms with Crippen molar-refractivity contribution in [3.05, 3.63) is 95.1 Å². The van der Waals surface area contributed by atoms with Gasteiger partial charge in [0.05, 0.1) is 30.5 Å². The molecule has 0 spiro atoms. The molecule has 2 amide bonds. The summed E-state index contributed by atoms with van der Waals surface area (Å²) in [6, 6.07) is 22.9. The van der Waals surface area contributed by atoms with Crippen LogP contribution in [-0.2, 0) is 40.3 Å². The molecule has 0 fully saturated rings. The molecule has 4 aromatic carbocycles. The van der Waals surface area contributed by atoms with Crippen molar-refractivity contribution in [1.82, 2.24) is 28.9 Å². The first-order valence-electron chi connectivity index (χ1n) is 21.3. The predicted octanol–water partition coefficient (Wildman–Crippen LogP) is 6.71. The van der Waals surface area contributed by atoms with Gasteiger partial charge in [0.25, 0.3) is 11.8 Å². The number of benzene rings is 4. The number of hydrogen-bond donors (Lipinski definition) is 3. The van der Waals surface area contributed by atoms with E-state index in [0.717, 1.165) is 84.1 Å². The summed E-state index contributed by atoms with van der Waals surface area (Å²) in [7, 11) is 0. The van der Waals surface area contributed by atoms with Gasteiger partial charge in [-0.2, -0.15) is 0 Å². The van der Waals surface area contributed by atoms with Crippen LogP contribution in [0.15, 0.2) is 72.8 Å². The monoisotopic (exact) mass is 840 g/mol. The van der Waals surface area contributed by atoms with Gasteiger partial charge in [-0.3, -0.25) is 19.2 Å². The summed E-state index contributed by atoms with van der Waals surface area (Å²) >= 11 is 0. The van der Waals surface area contributed by atoms with Crippen molar-refractivity contribution >= 4 is 57.7 Å². The number of hydrogen-bond acceptors (Lipinski definition) is 11. The Morgan fingerprint density at radius 1 is 0.677 bits per heavy atom. The molecule has 62 heavy (non-hydrogen) atoms. The summed E-state index contributed by atoms with van der Waals surface area (Å²) in [5, 5.41) is 15.5. The number of anilines is 2. The number of carbonyl (C=O) groups is 4. The number of esters is 1. The van der Waals surface area contributed by atoms with E-state index in [9.17, 15) is 19.2 Å². The zero-order valence-electron chi connectivity index (χ0n) is 34.5. The van der Waals surface area contributed by atoms with Gasteiger partial charge in [0.15, 0.2) is 11.5 Å². The largest absolute Gasteiger partial charge is 0.481 e. The van der Waals surface area contributed by atoms with Gasteiger partial charge in [-0.1, -0.05) is 12.1 Å². The number of carboxylic acids is 1. The van der Waals surface area contributed by atoms with Gasteiger partial charge < -0.3 is 48.9 Å². The van der Waals surface area contributed by atoms with Crippen molar-refractivity contribution in [3.8, 4) is 23.0 Å². The van der Waals surface area contributed by atoms with Crippen LogP contribution in [-0.4, -0.2) is 104 Å². The maximum Gasteiger partial charge on any atom is 0.307 e. The predicted molar refractivity (Wildman–Crippen MR) is 231 cm³/mol. The van der Waals surface area contributed by atoms with Gasteiger partial charge in [0.1, 0.15) is 22.5 Å². The number of para-hydroxylation sites is 2. The first kappa shape index (κ1) is 40.3. The SMILES string of the molecule is CCOC(=O)CCN1CCc2cc(Oc3cccc4c3nc3n4CCCN3)ccc2C1=O.O=C(O)CCN1CCc2cc(Oc3cccc4c3nc3n4CCCN3)ccc2C1=O. The van der Waals surface area contributed by atoms with Crippen LogP contribution in [0.1, 0.15) is 64.4 Å². The number of aromatic nitrogens is 4. The number of amides is 2. The van der Waals surface area contributed by atoms with Crippen molar-refractivity contribution in [1.29, 1.82) is 0 Å². The Morgan fingerprint density at radius 2 is 1.18 bits per heavy atom. The molecule has 16 nitrogen and oxygen atoms in total. The average molecular weight is 841 g/mol. The number of carbonyl (C=O) groups excluding carboxylic acids is 3. The van der Waals surface area contributed by atoms with Gasteiger partial charge in [0, 0.05) is 63.5 Å². The Balaban J connectivity index is 0.000000158. The highest BCUT2D eigenvalue weighted by Crippen LogP contribution is 2.36. The van der Waals surface area contributed by atoms with Gasteiger partial charge in [-0.15, -0.1) is 0 Å². The lowest BCUT2D eigenvalue weighted by Crippen LogP contribution is -2.39. The molecule has 0 bridgehead atoms. The number of ether oxygens (including phenoxy) is 3. The number of imidazole rings is 2. The Labute approximate surface area is 357 Å². The normalized spacial score (nSPS) is 15.3. The molecule has 10 rings (SSSR count). The van der Waals surface area contributed by atoms with E-state index < -0.39 is 5.97 Å². The summed E-state index contributed by atoms with van der Waals surface area (Å²) < 4.78 is 21.7. The highest BCUT2D eigenvalue weighted by Gasteiger charge is 2.27. The number of rotatable bonds is 11. The van der Waals surface area contributed by atoms with Crippen LogP contribution in [0, 0.1) is 0 Å². The molecule has 4 aliphatic rings. The van der Waals surface area contributed by atoms with Gasteiger partial charge in [-0.05, 0) is 104 Å². The third kappa shape index (κ3) is 8.19. The molecule has 16 heteroatoms. The lowest BCUT2D eigenvalue weighted by molar-refractivity contribution is -0.143. The minimum absolute atomic E-state index is 0.0459. The first-order valence-corrected chi connectivity index (χ1v) is 21.3. The van der Waals surface area contributed by atoms with Crippen LogP contribution in [0.5, 0.6) is 23.0 Å². The van der Waals surface area contributed by atoms with Gasteiger partial charge in [-0.25, -0.2) is 9.97 Å². The van der Waals surface area contributed by atoms with Crippen LogP contribution in [0.25, 0.3) is 22.1 Å². The smallest absolute Gasteiger partial charge is 0.307 e. The van der Waals surface area contributed by atoms with Crippen molar-refractivity contribution in [2.24, 2.45) is 0 Å². The topological polar surface area (TPSA) is 182 Å². The van der Waals surface area contributed by atoms with E-state index in [1.54, 1.807) is 28.9 Å². The fourth-order valence-corrected chi connectivity index (χ4v) is 8.53.